The molecule has 2 rings (SSSR count). The summed E-state index contributed by atoms with van der Waals surface area (Å²) in [5.74, 6) is 0.465. The standard InChI is InChI=1S/C17H21N3O4S/c1-12(2)14-5-3-13(4-6-14)9-10-19-16-8-7-15(25(18,23)24)11-17(16)20(21)22/h3-8,11-12,19H,9-10H2,1-2H3,(H2,18,23,24). The molecule has 0 amide bonds. The van der Waals surface area contributed by atoms with Crippen molar-refractivity contribution in [2.75, 3.05) is 11.9 Å². The van der Waals surface area contributed by atoms with Gasteiger partial charge in [0.1, 0.15) is 5.69 Å². The lowest BCUT2D eigenvalue weighted by atomic mass is 10.0. The molecule has 2 aromatic rings. The fourth-order valence-electron chi connectivity index (χ4n) is 2.40. The Bertz CT molecular complexity index is 862. The van der Waals surface area contributed by atoms with Crippen molar-refractivity contribution in [2.45, 2.75) is 31.1 Å². The fourth-order valence-corrected chi connectivity index (χ4v) is 2.93. The minimum Gasteiger partial charge on any atom is -0.379 e. The second-order valence-electron chi connectivity index (χ2n) is 6.05. The van der Waals surface area contributed by atoms with E-state index in [0.717, 1.165) is 11.6 Å². The number of benzene rings is 2. The van der Waals surface area contributed by atoms with Crippen LogP contribution in [0.25, 0.3) is 0 Å². The van der Waals surface area contributed by atoms with Crippen molar-refractivity contribution in [3.8, 4) is 0 Å². The van der Waals surface area contributed by atoms with Gasteiger partial charge in [0.2, 0.25) is 10.0 Å². The number of primary sulfonamides is 1. The molecule has 0 radical (unpaired) electrons. The molecule has 0 aliphatic rings. The molecule has 0 fully saturated rings. The largest absolute Gasteiger partial charge is 0.379 e. The van der Waals surface area contributed by atoms with Crippen LogP contribution in [0.3, 0.4) is 0 Å². The number of hydrogen-bond donors (Lipinski definition) is 2. The fraction of sp³-hybridized carbons (Fsp3) is 0.294. The van der Waals surface area contributed by atoms with E-state index >= 15 is 0 Å². The van der Waals surface area contributed by atoms with E-state index in [2.05, 4.69) is 31.3 Å². The highest BCUT2D eigenvalue weighted by Crippen LogP contribution is 2.27. The van der Waals surface area contributed by atoms with Gasteiger partial charge in [-0.05, 0) is 35.6 Å². The number of anilines is 1. The van der Waals surface area contributed by atoms with Gasteiger partial charge in [-0.25, -0.2) is 13.6 Å². The van der Waals surface area contributed by atoms with E-state index in [1.54, 1.807) is 0 Å². The van der Waals surface area contributed by atoms with Gasteiger partial charge in [-0.2, -0.15) is 0 Å². The Morgan fingerprint density at radius 2 is 1.80 bits per heavy atom. The second kappa shape index (κ2) is 7.62. The average molecular weight is 363 g/mol. The predicted octanol–water partition coefficient (Wildman–Crippen LogP) is 3.02. The topological polar surface area (TPSA) is 115 Å². The Hall–Kier alpha value is -2.45. The molecule has 0 atom stereocenters. The molecule has 0 aliphatic heterocycles. The van der Waals surface area contributed by atoms with E-state index < -0.39 is 14.9 Å². The molecule has 25 heavy (non-hydrogen) atoms. The summed E-state index contributed by atoms with van der Waals surface area (Å²) in [4.78, 5) is 10.3. The van der Waals surface area contributed by atoms with Crippen molar-refractivity contribution in [1.82, 2.24) is 0 Å². The normalized spacial score (nSPS) is 11.5. The van der Waals surface area contributed by atoms with Crippen LogP contribution in [0.2, 0.25) is 0 Å². The van der Waals surface area contributed by atoms with Gasteiger partial charge in [-0.3, -0.25) is 10.1 Å². The van der Waals surface area contributed by atoms with E-state index in [1.165, 1.54) is 17.7 Å². The molecular weight excluding hydrogens is 342 g/mol. The molecule has 0 unspecified atom stereocenters. The summed E-state index contributed by atoms with van der Waals surface area (Å²) in [7, 11) is -3.98. The van der Waals surface area contributed by atoms with Crippen molar-refractivity contribution < 1.29 is 13.3 Å². The van der Waals surface area contributed by atoms with Crippen LogP contribution in [0.15, 0.2) is 47.4 Å². The molecule has 0 bridgehead atoms. The number of hydrogen-bond acceptors (Lipinski definition) is 5. The zero-order valence-electron chi connectivity index (χ0n) is 14.1. The number of nitrogens with one attached hydrogen (secondary N) is 1. The number of rotatable bonds is 7. The van der Waals surface area contributed by atoms with E-state index in [1.807, 2.05) is 12.1 Å². The van der Waals surface area contributed by atoms with Crippen LogP contribution < -0.4 is 10.5 Å². The molecule has 134 valence electrons. The number of nitro benzene ring substituents is 1. The lowest BCUT2D eigenvalue weighted by molar-refractivity contribution is -0.384. The van der Waals surface area contributed by atoms with Gasteiger partial charge in [-0.1, -0.05) is 38.1 Å². The van der Waals surface area contributed by atoms with Crippen molar-refractivity contribution in [3.05, 3.63) is 63.7 Å². The summed E-state index contributed by atoms with van der Waals surface area (Å²) in [6.45, 7) is 4.73. The quantitative estimate of drug-likeness (QED) is 0.579. The Morgan fingerprint density at radius 1 is 1.16 bits per heavy atom. The van der Waals surface area contributed by atoms with Gasteiger partial charge in [0, 0.05) is 12.6 Å². The molecule has 0 heterocycles. The molecule has 3 N–H and O–H groups in total. The van der Waals surface area contributed by atoms with Gasteiger partial charge in [0.25, 0.3) is 5.69 Å². The third-order valence-corrected chi connectivity index (χ3v) is 4.78. The van der Waals surface area contributed by atoms with Crippen molar-refractivity contribution in [3.63, 3.8) is 0 Å². The highest BCUT2D eigenvalue weighted by molar-refractivity contribution is 7.89. The summed E-state index contributed by atoms with van der Waals surface area (Å²) in [6, 6.07) is 11.8. The predicted molar refractivity (Wildman–Crippen MR) is 97.2 cm³/mol. The highest BCUT2D eigenvalue weighted by atomic mass is 32.2. The van der Waals surface area contributed by atoms with Crippen LogP contribution >= 0.6 is 0 Å². The van der Waals surface area contributed by atoms with E-state index in [0.29, 0.717) is 18.9 Å². The van der Waals surface area contributed by atoms with Gasteiger partial charge >= 0.3 is 0 Å². The van der Waals surface area contributed by atoms with Gasteiger partial charge in [-0.15, -0.1) is 0 Å². The summed E-state index contributed by atoms with van der Waals surface area (Å²) in [5, 5.41) is 19.2. The van der Waals surface area contributed by atoms with Crippen molar-refractivity contribution in [1.29, 1.82) is 0 Å². The summed E-state index contributed by atoms with van der Waals surface area (Å²) < 4.78 is 22.7. The molecule has 0 aromatic heterocycles. The lowest BCUT2D eigenvalue weighted by Crippen LogP contribution is -2.13. The Balaban J connectivity index is 2.08. The highest BCUT2D eigenvalue weighted by Gasteiger charge is 2.18. The monoisotopic (exact) mass is 363 g/mol. The maximum absolute atomic E-state index is 11.3. The second-order valence-corrected chi connectivity index (χ2v) is 7.62. The molecule has 8 heteroatoms. The first-order chi connectivity index (χ1) is 11.7. The van der Waals surface area contributed by atoms with Gasteiger partial charge in [0.05, 0.1) is 9.82 Å². The van der Waals surface area contributed by atoms with Crippen LogP contribution in [0, 0.1) is 10.1 Å². The van der Waals surface area contributed by atoms with Gasteiger partial charge in [0.15, 0.2) is 0 Å². The molecule has 0 saturated heterocycles. The SMILES string of the molecule is CC(C)c1ccc(CCNc2ccc(S(N)(=O)=O)cc2[N+](=O)[O-])cc1. The molecule has 0 aliphatic carbocycles. The van der Waals surface area contributed by atoms with E-state index in [-0.39, 0.29) is 16.3 Å². The van der Waals surface area contributed by atoms with Crippen molar-refractivity contribution in [2.24, 2.45) is 5.14 Å². The summed E-state index contributed by atoms with van der Waals surface area (Å²) in [6.07, 6.45) is 0.687. The molecular formula is C17H21N3O4S. The third kappa shape index (κ3) is 5.01. The molecule has 0 saturated carbocycles. The smallest absolute Gasteiger partial charge is 0.293 e. The zero-order valence-corrected chi connectivity index (χ0v) is 14.9. The maximum atomic E-state index is 11.3. The summed E-state index contributed by atoms with van der Waals surface area (Å²) in [5.41, 5.74) is 2.31. The number of nitrogens with zero attached hydrogens (tertiary/aromatic N) is 1. The minimum atomic E-state index is -3.98. The van der Waals surface area contributed by atoms with Crippen molar-refractivity contribution >= 4 is 21.4 Å². The Morgan fingerprint density at radius 3 is 2.32 bits per heavy atom. The first-order valence-electron chi connectivity index (χ1n) is 7.82. The molecule has 2 aromatic carbocycles. The average Bonchev–Trinajstić information content (AvgIpc) is 2.54. The van der Waals surface area contributed by atoms with Crippen LogP contribution in [0.1, 0.15) is 30.9 Å². The maximum Gasteiger partial charge on any atom is 0.293 e. The van der Waals surface area contributed by atoms with Crippen LogP contribution in [-0.4, -0.2) is 19.9 Å². The first kappa shape index (κ1) is 18.9. The van der Waals surface area contributed by atoms with E-state index in [4.69, 9.17) is 5.14 Å². The molecule has 7 nitrogen and oxygen atoms in total. The van der Waals surface area contributed by atoms with Crippen LogP contribution in [-0.2, 0) is 16.4 Å². The number of nitrogens with two attached hydrogens (primary N) is 1. The minimum absolute atomic E-state index is 0.260. The Labute approximate surface area is 147 Å². The number of nitro groups is 1. The third-order valence-electron chi connectivity index (χ3n) is 3.87. The van der Waals surface area contributed by atoms with Crippen LogP contribution in [0.4, 0.5) is 11.4 Å². The van der Waals surface area contributed by atoms with E-state index in [9.17, 15) is 18.5 Å². The Kier molecular flexibility index (Phi) is 5.76. The zero-order chi connectivity index (χ0) is 18.6. The first-order valence-corrected chi connectivity index (χ1v) is 9.37. The number of sulfonamides is 1. The van der Waals surface area contributed by atoms with Crippen LogP contribution in [0.5, 0.6) is 0 Å². The molecule has 0 spiro atoms. The summed E-state index contributed by atoms with van der Waals surface area (Å²) >= 11 is 0. The van der Waals surface area contributed by atoms with Gasteiger partial charge < -0.3 is 5.32 Å². The lowest BCUT2D eigenvalue weighted by Gasteiger charge is -2.09.